The van der Waals surface area contributed by atoms with Gasteiger partial charge in [-0.25, -0.2) is 9.02 Å². The fourth-order valence-corrected chi connectivity index (χ4v) is 3.40. The van der Waals surface area contributed by atoms with Gasteiger partial charge in [-0.15, -0.1) is 0 Å². The largest absolute Gasteiger partial charge is 0.490 e. The third kappa shape index (κ3) is 6.41. The average Bonchev–Trinajstić information content (AvgIpc) is 3.20. The number of nitrogen functional groups attached to an aromatic ring is 1. The Balaban J connectivity index is 1.53. The van der Waals surface area contributed by atoms with E-state index in [4.69, 9.17) is 15.2 Å². The lowest BCUT2D eigenvalue weighted by molar-refractivity contribution is 0.0944. The zero-order valence-corrected chi connectivity index (χ0v) is 18.9. The number of nitrogens with zero attached hydrogens (tertiary/aromatic N) is 2. The van der Waals surface area contributed by atoms with Gasteiger partial charge in [0.25, 0.3) is 5.91 Å². The van der Waals surface area contributed by atoms with Gasteiger partial charge in [-0.3, -0.25) is 4.79 Å². The molecule has 0 fully saturated rings. The maximum absolute atomic E-state index is 13.1. The molecule has 170 valence electrons. The number of ether oxygens (including phenoxy) is 2. The molecule has 0 spiro atoms. The summed E-state index contributed by atoms with van der Waals surface area (Å²) >= 11 is 3.54. The Hall–Kier alpha value is -3.18. The number of halogens is 2. The van der Waals surface area contributed by atoms with Gasteiger partial charge in [0, 0.05) is 19.6 Å². The van der Waals surface area contributed by atoms with Gasteiger partial charge in [-0.1, -0.05) is 12.1 Å². The van der Waals surface area contributed by atoms with E-state index in [9.17, 15) is 9.18 Å². The Morgan fingerprint density at radius 2 is 1.94 bits per heavy atom. The maximum Gasteiger partial charge on any atom is 0.277 e. The molecule has 3 rings (SSSR count). The Labute approximate surface area is 192 Å². The summed E-state index contributed by atoms with van der Waals surface area (Å²) in [5.41, 5.74) is 7.26. The van der Waals surface area contributed by atoms with E-state index in [-0.39, 0.29) is 23.9 Å². The molecule has 1 heterocycles. The number of carbonyl (C=O) groups excluding carboxylic acids is 1. The third-order valence-electron chi connectivity index (χ3n) is 4.31. The number of anilines is 1. The Morgan fingerprint density at radius 3 is 2.62 bits per heavy atom. The summed E-state index contributed by atoms with van der Waals surface area (Å²) in [6.07, 6.45) is 0. The van der Waals surface area contributed by atoms with Crippen LogP contribution in [0.2, 0.25) is 0 Å². The quantitative estimate of drug-likeness (QED) is 0.338. The number of nitrogens with two attached hydrogens (primary N) is 1. The summed E-state index contributed by atoms with van der Waals surface area (Å²) in [5.74, 6) is 0.384. The Bertz CT molecular complexity index is 1050. The Morgan fingerprint density at radius 1 is 1.16 bits per heavy atom. The molecule has 11 heteroatoms. The predicted molar refractivity (Wildman–Crippen MR) is 119 cm³/mol. The molecule has 0 bridgehead atoms. The molecule has 2 aromatic carbocycles. The third-order valence-corrected chi connectivity index (χ3v) is 4.90. The van der Waals surface area contributed by atoms with Crippen LogP contribution in [0.5, 0.6) is 11.5 Å². The van der Waals surface area contributed by atoms with Gasteiger partial charge in [0.1, 0.15) is 12.4 Å². The van der Waals surface area contributed by atoms with Gasteiger partial charge in [-0.05, 0) is 68.6 Å². The molecule has 1 amide bonds. The van der Waals surface area contributed by atoms with E-state index in [1.165, 1.54) is 12.1 Å². The minimum Gasteiger partial charge on any atom is -0.490 e. The number of rotatable bonds is 11. The lowest BCUT2D eigenvalue weighted by atomic mass is 10.2. The van der Waals surface area contributed by atoms with Crippen molar-refractivity contribution in [3.63, 3.8) is 0 Å². The number of benzene rings is 2. The van der Waals surface area contributed by atoms with Gasteiger partial charge in [0.05, 0.1) is 11.1 Å². The minimum absolute atomic E-state index is 0.0356. The van der Waals surface area contributed by atoms with Crippen molar-refractivity contribution in [3.8, 4) is 11.5 Å². The van der Waals surface area contributed by atoms with Crippen molar-refractivity contribution in [1.82, 2.24) is 20.9 Å². The summed E-state index contributed by atoms with van der Waals surface area (Å²) in [6, 6.07) is 9.96. The first-order chi connectivity index (χ1) is 15.5. The molecule has 0 saturated carbocycles. The second-order valence-electron chi connectivity index (χ2n) is 6.68. The zero-order chi connectivity index (χ0) is 22.9. The van der Waals surface area contributed by atoms with Gasteiger partial charge >= 0.3 is 0 Å². The molecular formula is C21H23BrFN5O4. The molecule has 0 saturated heterocycles. The van der Waals surface area contributed by atoms with Crippen molar-refractivity contribution in [3.05, 3.63) is 63.5 Å². The van der Waals surface area contributed by atoms with Crippen molar-refractivity contribution < 1.29 is 23.3 Å². The van der Waals surface area contributed by atoms with Crippen molar-refractivity contribution in [1.29, 1.82) is 0 Å². The highest BCUT2D eigenvalue weighted by Crippen LogP contribution is 2.37. The standard InChI is InChI=1S/C21H23BrFN5O4/c1-2-30-17-10-14(11-25-7-8-26-21(29)18-20(24)28-32-27-18)9-16(22)19(17)31-12-13-3-5-15(23)6-4-13/h3-6,9-10,25H,2,7-8,11-12H2,1H3,(H2,24,28)(H,26,29). The van der Waals surface area contributed by atoms with Crippen LogP contribution in [-0.2, 0) is 13.2 Å². The zero-order valence-electron chi connectivity index (χ0n) is 17.4. The number of hydrogen-bond acceptors (Lipinski definition) is 8. The van der Waals surface area contributed by atoms with Crippen LogP contribution in [-0.4, -0.2) is 35.9 Å². The van der Waals surface area contributed by atoms with Crippen LogP contribution in [0.1, 0.15) is 28.5 Å². The SMILES string of the molecule is CCOc1cc(CNCCNC(=O)c2nonc2N)cc(Br)c1OCc1ccc(F)cc1. The summed E-state index contributed by atoms with van der Waals surface area (Å²) in [6.45, 7) is 4.07. The Kier molecular flexibility index (Phi) is 8.40. The van der Waals surface area contributed by atoms with Crippen LogP contribution in [0.4, 0.5) is 10.2 Å². The number of carbonyl (C=O) groups is 1. The van der Waals surface area contributed by atoms with Gasteiger partial charge in [0.2, 0.25) is 11.5 Å². The molecule has 0 radical (unpaired) electrons. The fraction of sp³-hybridized carbons (Fsp3) is 0.286. The highest BCUT2D eigenvalue weighted by molar-refractivity contribution is 9.10. The number of hydrogen-bond donors (Lipinski definition) is 3. The van der Waals surface area contributed by atoms with Crippen LogP contribution in [0, 0.1) is 5.82 Å². The predicted octanol–water partition coefficient (Wildman–Crippen LogP) is 3.05. The molecule has 0 atom stereocenters. The number of nitrogens with one attached hydrogen (secondary N) is 2. The molecular weight excluding hydrogens is 485 g/mol. The van der Waals surface area contributed by atoms with E-state index < -0.39 is 5.91 Å². The molecule has 3 aromatic rings. The van der Waals surface area contributed by atoms with Gasteiger partial charge in [0.15, 0.2) is 11.5 Å². The summed E-state index contributed by atoms with van der Waals surface area (Å²) in [5, 5.41) is 12.7. The first-order valence-electron chi connectivity index (χ1n) is 9.87. The van der Waals surface area contributed by atoms with E-state index >= 15 is 0 Å². The van der Waals surface area contributed by atoms with Crippen LogP contribution in [0.15, 0.2) is 45.5 Å². The molecule has 32 heavy (non-hydrogen) atoms. The first kappa shape index (κ1) is 23.5. The van der Waals surface area contributed by atoms with Crippen molar-refractivity contribution in [2.45, 2.75) is 20.1 Å². The van der Waals surface area contributed by atoms with E-state index in [1.54, 1.807) is 12.1 Å². The van der Waals surface area contributed by atoms with E-state index in [2.05, 4.69) is 41.5 Å². The molecule has 1 aromatic heterocycles. The summed E-state index contributed by atoms with van der Waals surface area (Å²) < 4.78 is 29.9. The average molecular weight is 508 g/mol. The van der Waals surface area contributed by atoms with E-state index in [1.807, 2.05) is 19.1 Å². The van der Waals surface area contributed by atoms with Crippen molar-refractivity contribution in [2.75, 3.05) is 25.4 Å². The second kappa shape index (κ2) is 11.4. The molecule has 0 aliphatic rings. The van der Waals surface area contributed by atoms with Crippen LogP contribution >= 0.6 is 15.9 Å². The molecule has 4 N–H and O–H groups in total. The normalized spacial score (nSPS) is 10.7. The van der Waals surface area contributed by atoms with Gasteiger partial charge < -0.3 is 25.8 Å². The number of amides is 1. The number of aromatic nitrogens is 2. The smallest absolute Gasteiger partial charge is 0.277 e. The molecule has 0 aliphatic carbocycles. The van der Waals surface area contributed by atoms with E-state index in [0.29, 0.717) is 37.7 Å². The lowest BCUT2D eigenvalue weighted by Gasteiger charge is -2.16. The minimum atomic E-state index is -0.449. The monoisotopic (exact) mass is 507 g/mol. The highest BCUT2D eigenvalue weighted by atomic mass is 79.9. The van der Waals surface area contributed by atoms with Gasteiger partial charge in [-0.2, -0.15) is 0 Å². The first-order valence-corrected chi connectivity index (χ1v) is 10.7. The van der Waals surface area contributed by atoms with E-state index in [0.717, 1.165) is 15.6 Å². The second-order valence-corrected chi connectivity index (χ2v) is 7.54. The van der Waals surface area contributed by atoms with Crippen molar-refractivity contribution >= 4 is 27.7 Å². The highest BCUT2D eigenvalue weighted by Gasteiger charge is 2.15. The van der Waals surface area contributed by atoms with Crippen LogP contribution in [0.3, 0.4) is 0 Å². The summed E-state index contributed by atoms with van der Waals surface area (Å²) in [4.78, 5) is 11.9. The molecule has 9 nitrogen and oxygen atoms in total. The fourth-order valence-electron chi connectivity index (χ4n) is 2.80. The molecule has 0 aliphatic heterocycles. The maximum atomic E-state index is 13.1. The lowest BCUT2D eigenvalue weighted by Crippen LogP contribution is -2.32. The molecule has 0 unspecified atom stereocenters. The summed E-state index contributed by atoms with van der Waals surface area (Å²) in [7, 11) is 0. The van der Waals surface area contributed by atoms with Crippen molar-refractivity contribution in [2.24, 2.45) is 0 Å². The van der Waals surface area contributed by atoms with Crippen LogP contribution in [0.25, 0.3) is 0 Å². The topological polar surface area (TPSA) is 125 Å². The van der Waals surface area contributed by atoms with Crippen LogP contribution < -0.4 is 25.8 Å².